The van der Waals surface area contributed by atoms with Crippen LogP contribution in [0.25, 0.3) is 0 Å². The summed E-state index contributed by atoms with van der Waals surface area (Å²) < 4.78 is 5.37. The molecule has 0 unspecified atom stereocenters. The Balaban J connectivity index is 2.40. The third-order valence-electron chi connectivity index (χ3n) is 4.66. The second-order valence-electron chi connectivity index (χ2n) is 5.46. The van der Waals surface area contributed by atoms with Gasteiger partial charge in [-0.1, -0.05) is 26.0 Å². The molecule has 3 heteroatoms. The van der Waals surface area contributed by atoms with Crippen LogP contribution in [0.5, 0.6) is 5.75 Å². The van der Waals surface area contributed by atoms with Crippen LogP contribution in [0.3, 0.4) is 0 Å². The van der Waals surface area contributed by atoms with Crippen molar-refractivity contribution in [2.45, 2.75) is 45.1 Å². The molecule has 0 atom stereocenters. The predicted octanol–water partition coefficient (Wildman–Crippen LogP) is 3.53. The van der Waals surface area contributed by atoms with Crippen molar-refractivity contribution in [2.75, 3.05) is 20.2 Å². The summed E-state index contributed by atoms with van der Waals surface area (Å²) in [5.74, 6) is 0.893. The van der Waals surface area contributed by atoms with Crippen LogP contribution in [0.1, 0.15) is 49.9 Å². The quantitative estimate of drug-likeness (QED) is 0.744. The SMILES string of the molecule is CCC(CC)(C(=O)c1ccccc1OC)N1CCCC1. The van der Waals surface area contributed by atoms with Crippen LogP contribution in [0.15, 0.2) is 24.3 Å². The van der Waals surface area contributed by atoms with Gasteiger partial charge in [0.15, 0.2) is 5.78 Å². The maximum Gasteiger partial charge on any atom is 0.186 e. The number of para-hydroxylation sites is 1. The van der Waals surface area contributed by atoms with Crippen LogP contribution in [0.4, 0.5) is 0 Å². The molecule has 1 aromatic rings. The van der Waals surface area contributed by atoms with E-state index in [2.05, 4.69) is 18.7 Å². The number of carbonyl (C=O) groups excluding carboxylic acids is 1. The number of hydrogen-bond donors (Lipinski definition) is 0. The van der Waals surface area contributed by atoms with E-state index >= 15 is 0 Å². The van der Waals surface area contributed by atoms with Crippen LogP contribution in [-0.2, 0) is 0 Å². The molecule has 2 rings (SSSR count). The Morgan fingerprint density at radius 1 is 1.20 bits per heavy atom. The lowest BCUT2D eigenvalue weighted by Gasteiger charge is -2.39. The lowest BCUT2D eigenvalue weighted by molar-refractivity contribution is 0.0578. The summed E-state index contributed by atoms with van der Waals surface area (Å²) in [6.07, 6.45) is 4.09. The minimum Gasteiger partial charge on any atom is -0.496 e. The maximum atomic E-state index is 13.2. The van der Waals surface area contributed by atoms with Gasteiger partial charge in [-0.2, -0.15) is 0 Å². The molecule has 0 radical (unpaired) electrons. The molecule has 1 saturated heterocycles. The van der Waals surface area contributed by atoms with Gasteiger partial charge in [0, 0.05) is 0 Å². The van der Waals surface area contributed by atoms with Crippen molar-refractivity contribution in [2.24, 2.45) is 0 Å². The van der Waals surface area contributed by atoms with Crippen LogP contribution in [0, 0.1) is 0 Å². The Kier molecular flexibility index (Phi) is 4.81. The van der Waals surface area contributed by atoms with Crippen molar-refractivity contribution in [1.29, 1.82) is 0 Å². The predicted molar refractivity (Wildman–Crippen MR) is 81.4 cm³/mol. The highest BCUT2D eigenvalue weighted by molar-refractivity contribution is 6.05. The molecule has 1 fully saturated rings. The average Bonchev–Trinajstić information content (AvgIpc) is 3.03. The Hall–Kier alpha value is -1.35. The normalized spacial score (nSPS) is 16.4. The monoisotopic (exact) mass is 275 g/mol. The second-order valence-corrected chi connectivity index (χ2v) is 5.46. The molecule has 1 aliphatic rings. The number of hydrogen-bond acceptors (Lipinski definition) is 3. The second kappa shape index (κ2) is 6.40. The van der Waals surface area contributed by atoms with Gasteiger partial charge in [-0.05, 0) is 50.9 Å². The number of nitrogens with zero attached hydrogens (tertiary/aromatic N) is 1. The van der Waals surface area contributed by atoms with E-state index in [9.17, 15) is 4.79 Å². The molecule has 0 amide bonds. The molecule has 0 N–H and O–H groups in total. The number of ketones is 1. The zero-order chi connectivity index (χ0) is 14.6. The van der Waals surface area contributed by atoms with Crippen molar-refractivity contribution in [1.82, 2.24) is 4.90 Å². The van der Waals surface area contributed by atoms with Crippen LogP contribution >= 0.6 is 0 Å². The van der Waals surface area contributed by atoms with Crippen molar-refractivity contribution in [3.8, 4) is 5.75 Å². The van der Waals surface area contributed by atoms with Crippen LogP contribution < -0.4 is 4.74 Å². The zero-order valence-corrected chi connectivity index (χ0v) is 12.8. The van der Waals surface area contributed by atoms with Gasteiger partial charge < -0.3 is 4.74 Å². The third kappa shape index (κ3) is 2.47. The first kappa shape index (κ1) is 15.0. The fourth-order valence-corrected chi connectivity index (χ4v) is 3.39. The van der Waals surface area contributed by atoms with Gasteiger partial charge in [-0.15, -0.1) is 0 Å². The van der Waals surface area contributed by atoms with Gasteiger partial charge in [0.25, 0.3) is 0 Å². The van der Waals surface area contributed by atoms with Gasteiger partial charge in [0.1, 0.15) is 5.75 Å². The molecule has 0 saturated carbocycles. The van der Waals surface area contributed by atoms with E-state index in [1.54, 1.807) is 7.11 Å². The van der Waals surface area contributed by atoms with Gasteiger partial charge >= 0.3 is 0 Å². The first-order valence-corrected chi connectivity index (χ1v) is 7.62. The topological polar surface area (TPSA) is 29.5 Å². The number of likely N-dealkylation sites (tertiary alicyclic amines) is 1. The lowest BCUT2D eigenvalue weighted by Crippen LogP contribution is -2.52. The summed E-state index contributed by atoms with van der Waals surface area (Å²) in [5.41, 5.74) is 0.344. The molecule has 0 spiro atoms. The molecular formula is C17H25NO2. The smallest absolute Gasteiger partial charge is 0.186 e. The lowest BCUT2D eigenvalue weighted by atomic mass is 9.82. The summed E-state index contributed by atoms with van der Waals surface area (Å²) >= 11 is 0. The fourth-order valence-electron chi connectivity index (χ4n) is 3.39. The number of carbonyl (C=O) groups is 1. The van der Waals surface area contributed by atoms with Crippen molar-refractivity contribution in [3.63, 3.8) is 0 Å². The van der Waals surface area contributed by atoms with E-state index in [4.69, 9.17) is 4.74 Å². The average molecular weight is 275 g/mol. The summed E-state index contributed by atoms with van der Waals surface area (Å²) in [5, 5.41) is 0. The molecule has 1 heterocycles. The van der Waals surface area contributed by atoms with E-state index in [0.717, 1.165) is 25.9 Å². The first-order valence-electron chi connectivity index (χ1n) is 7.62. The highest BCUT2D eigenvalue weighted by atomic mass is 16.5. The van der Waals surface area contributed by atoms with Crippen LogP contribution in [-0.4, -0.2) is 36.4 Å². The Morgan fingerprint density at radius 2 is 1.80 bits per heavy atom. The Labute approximate surface area is 121 Å². The molecule has 0 aromatic heterocycles. The highest BCUT2D eigenvalue weighted by Gasteiger charge is 2.42. The first-order chi connectivity index (χ1) is 9.69. The molecule has 20 heavy (non-hydrogen) atoms. The minimum atomic E-state index is -0.370. The van der Waals surface area contributed by atoms with E-state index < -0.39 is 0 Å². The van der Waals surface area contributed by atoms with E-state index in [-0.39, 0.29) is 11.3 Å². The summed E-state index contributed by atoms with van der Waals surface area (Å²) in [6, 6.07) is 7.57. The molecule has 0 aliphatic carbocycles. The van der Waals surface area contributed by atoms with E-state index in [1.807, 2.05) is 24.3 Å². The molecule has 110 valence electrons. The summed E-state index contributed by atoms with van der Waals surface area (Å²) in [4.78, 5) is 15.6. The van der Waals surface area contributed by atoms with Gasteiger partial charge in [0.2, 0.25) is 0 Å². The molecular weight excluding hydrogens is 250 g/mol. The standard InChI is InChI=1S/C17H25NO2/c1-4-17(5-2,18-12-8-9-13-18)16(19)14-10-6-7-11-15(14)20-3/h6-7,10-11H,4-5,8-9,12-13H2,1-3H3. The van der Waals surface area contributed by atoms with Gasteiger partial charge in [-0.25, -0.2) is 0 Å². The molecule has 3 nitrogen and oxygen atoms in total. The van der Waals surface area contributed by atoms with Gasteiger partial charge in [-0.3, -0.25) is 9.69 Å². The largest absolute Gasteiger partial charge is 0.496 e. The molecule has 1 aliphatic heterocycles. The number of Topliss-reactive ketones (excluding diaryl/α,β-unsaturated/α-hetero) is 1. The molecule has 0 bridgehead atoms. The number of rotatable bonds is 6. The fraction of sp³-hybridized carbons (Fsp3) is 0.588. The van der Waals surface area contributed by atoms with E-state index in [1.165, 1.54) is 12.8 Å². The van der Waals surface area contributed by atoms with Crippen molar-refractivity contribution >= 4 is 5.78 Å². The highest BCUT2D eigenvalue weighted by Crippen LogP contribution is 2.34. The van der Waals surface area contributed by atoms with Gasteiger partial charge in [0.05, 0.1) is 18.2 Å². The Morgan fingerprint density at radius 3 is 2.35 bits per heavy atom. The van der Waals surface area contributed by atoms with Crippen LogP contribution in [0.2, 0.25) is 0 Å². The number of benzene rings is 1. The molecule has 1 aromatic carbocycles. The summed E-state index contributed by atoms with van der Waals surface area (Å²) in [7, 11) is 1.63. The number of methoxy groups -OCH3 is 1. The summed E-state index contributed by atoms with van der Waals surface area (Å²) in [6.45, 7) is 6.30. The zero-order valence-electron chi connectivity index (χ0n) is 12.8. The van der Waals surface area contributed by atoms with Crippen molar-refractivity contribution < 1.29 is 9.53 Å². The number of ether oxygens (including phenoxy) is 1. The third-order valence-corrected chi connectivity index (χ3v) is 4.66. The van der Waals surface area contributed by atoms with Crippen molar-refractivity contribution in [3.05, 3.63) is 29.8 Å². The Bertz CT molecular complexity index is 460. The minimum absolute atomic E-state index is 0.210. The van der Waals surface area contributed by atoms with E-state index in [0.29, 0.717) is 11.3 Å². The maximum absolute atomic E-state index is 13.2.